The van der Waals surface area contributed by atoms with Crippen molar-refractivity contribution in [2.75, 3.05) is 26.5 Å². The van der Waals surface area contributed by atoms with Gasteiger partial charge in [0.05, 0.1) is 19.9 Å². The molecule has 18 heavy (non-hydrogen) atoms. The molecule has 4 N–H and O–H groups in total. The Balaban J connectivity index is 3.28. The van der Waals surface area contributed by atoms with Gasteiger partial charge in [0.1, 0.15) is 5.56 Å². The van der Waals surface area contributed by atoms with E-state index in [-0.39, 0.29) is 35.7 Å². The highest BCUT2D eigenvalue weighted by Gasteiger charge is 2.20. The van der Waals surface area contributed by atoms with E-state index in [1.54, 1.807) is 0 Å². The van der Waals surface area contributed by atoms with Gasteiger partial charge in [0.2, 0.25) is 0 Å². The number of Topliss-reactive ketones (excluding diaryl/α,β-unsaturated/α-hetero) is 1. The van der Waals surface area contributed by atoms with E-state index in [0.717, 1.165) is 0 Å². The average molecular weight is 252 g/mol. The van der Waals surface area contributed by atoms with Crippen LogP contribution < -0.4 is 16.2 Å². The van der Waals surface area contributed by atoms with Crippen molar-refractivity contribution in [2.24, 2.45) is 5.73 Å². The average Bonchev–Trinajstić information content (AvgIpc) is 2.37. The molecule has 0 aliphatic rings. The number of ketones is 1. The molecule has 0 spiro atoms. The van der Waals surface area contributed by atoms with Crippen LogP contribution in [0.5, 0.6) is 5.75 Å². The van der Waals surface area contributed by atoms with E-state index in [2.05, 4.69) is 4.74 Å². The number of benzene rings is 1. The molecule has 0 heterocycles. The number of hydrogen-bond acceptors (Lipinski definition) is 6. The number of carbonyl (C=O) groups is 2. The fourth-order valence-corrected chi connectivity index (χ4v) is 1.60. The van der Waals surface area contributed by atoms with Crippen LogP contribution in [0.3, 0.4) is 0 Å². The molecule has 6 heteroatoms. The smallest absolute Gasteiger partial charge is 0.341 e. The summed E-state index contributed by atoms with van der Waals surface area (Å²) in [5, 5.41) is 0. The van der Waals surface area contributed by atoms with Gasteiger partial charge in [0, 0.05) is 12.0 Å². The molecule has 0 amide bonds. The minimum absolute atomic E-state index is 0.124. The Kier molecular flexibility index (Phi) is 4.67. The maximum atomic E-state index is 11.8. The Labute approximate surface area is 105 Å². The van der Waals surface area contributed by atoms with Crippen LogP contribution in [0, 0.1) is 0 Å². The molecule has 0 unspecified atom stereocenters. The van der Waals surface area contributed by atoms with Gasteiger partial charge in [-0.1, -0.05) is 0 Å². The van der Waals surface area contributed by atoms with Gasteiger partial charge >= 0.3 is 5.97 Å². The highest BCUT2D eigenvalue weighted by Crippen LogP contribution is 2.31. The molecule has 1 aromatic rings. The van der Waals surface area contributed by atoms with Crippen molar-refractivity contribution in [2.45, 2.75) is 6.42 Å². The summed E-state index contributed by atoms with van der Waals surface area (Å²) >= 11 is 0. The van der Waals surface area contributed by atoms with Crippen molar-refractivity contribution in [1.82, 2.24) is 0 Å². The number of ether oxygens (including phenoxy) is 2. The van der Waals surface area contributed by atoms with Gasteiger partial charge in [-0.2, -0.15) is 0 Å². The second-order valence-electron chi connectivity index (χ2n) is 3.56. The van der Waals surface area contributed by atoms with E-state index in [0.29, 0.717) is 5.56 Å². The molecular weight excluding hydrogens is 236 g/mol. The van der Waals surface area contributed by atoms with Crippen molar-refractivity contribution in [3.05, 3.63) is 23.3 Å². The topological polar surface area (TPSA) is 105 Å². The molecule has 0 atom stereocenters. The second-order valence-corrected chi connectivity index (χ2v) is 3.56. The van der Waals surface area contributed by atoms with Gasteiger partial charge < -0.3 is 20.9 Å². The first kappa shape index (κ1) is 14.0. The first-order valence-corrected chi connectivity index (χ1v) is 5.34. The van der Waals surface area contributed by atoms with Crippen molar-refractivity contribution in [3.63, 3.8) is 0 Å². The molecule has 0 fully saturated rings. The summed E-state index contributed by atoms with van der Waals surface area (Å²) in [5.74, 6) is -0.620. The molecule has 1 rings (SSSR count). The summed E-state index contributed by atoms with van der Waals surface area (Å²) < 4.78 is 9.66. The summed E-state index contributed by atoms with van der Waals surface area (Å²) in [6, 6.07) is 2.92. The highest BCUT2D eigenvalue weighted by molar-refractivity contribution is 6.05. The lowest BCUT2D eigenvalue weighted by atomic mass is 10.0. The number of anilines is 1. The lowest BCUT2D eigenvalue weighted by Gasteiger charge is -2.12. The molecule has 0 aromatic heterocycles. The summed E-state index contributed by atoms with van der Waals surface area (Å²) in [4.78, 5) is 23.2. The molecule has 0 bridgehead atoms. The molecule has 0 aliphatic carbocycles. The molecule has 0 radical (unpaired) electrons. The van der Waals surface area contributed by atoms with E-state index in [1.165, 1.54) is 26.4 Å². The number of carbonyl (C=O) groups excluding carboxylic acids is 2. The summed E-state index contributed by atoms with van der Waals surface area (Å²) in [6.07, 6.45) is 0.185. The maximum absolute atomic E-state index is 11.8. The molecule has 1 aromatic carbocycles. The van der Waals surface area contributed by atoms with Crippen molar-refractivity contribution in [3.8, 4) is 5.75 Å². The van der Waals surface area contributed by atoms with Crippen LogP contribution in [0.25, 0.3) is 0 Å². The number of nitrogen functional groups attached to an aromatic ring is 1. The Morgan fingerprint density at radius 2 is 1.83 bits per heavy atom. The van der Waals surface area contributed by atoms with Gasteiger partial charge in [-0.25, -0.2) is 4.79 Å². The van der Waals surface area contributed by atoms with Gasteiger partial charge in [0.25, 0.3) is 0 Å². The van der Waals surface area contributed by atoms with E-state index in [1.807, 2.05) is 0 Å². The van der Waals surface area contributed by atoms with E-state index in [4.69, 9.17) is 16.2 Å². The monoisotopic (exact) mass is 252 g/mol. The van der Waals surface area contributed by atoms with Crippen LogP contribution in [0.4, 0.5) is 5.69 Å². The Morgan fingerprint density at radius 1 is 1.22 bits per heavy atom. The third-order valence-electron chi connectivity index (χ3n) is 2.48. The highest BCUT2D eigenvalue weighted by atomic mass is 16.5. The van der Waals surface area contributed by atoms with Crippen LogP contribution in [-0.2, 0) is 4.74 Å². The predicted octanol–water partition coefficient (Wildman–Crippen LogP) is 0.595. The Morgan fingerprint density at radius 3 is 2.33 bits per heavy atom. The molecular formula is C12H16N2O4. The zero-order chi connectivity index (χ0) is 13.7. The maximum Gasteiger partial charge on any atom is 0.341 e. The lowest BCUT2D eigenvalue weighted by molar-refractivity contribution is 0.0597. The van der Waals surface area contributed by atoms with Crippen LogP contribution >= 0.6 is 0 Å². The molecule has 0 saturated carbocycles. The quantitative estimate of drug-likeness (QED) is 0.451. The van der Waals surface area contributed by atoms with Crippen LogP contribution in [0.1, 0.15) is 27.1 Å². The van der Waals surface area contributed by atoms with Crippen molar-refractivity contribution >= 4 is 17.4 Å². The molecule has 6 nitrogen and oxygen atoms in total. The Bertz CT molecular complexity index is 471. The van der Waals surface area contributed by atoms with Gasteiger partial charge in [-0.3, -0.25) is 4.79 Å². The molecule has 0 aliphatic heterocycles. The summed E-state index contributed by atoms with van der Waals surface area (Å²) in [7, 11) is 2.63. The normalized spacial score (nSPS) is 9.94. The van der Waals surface area contributed by atoms with Crippen molar-refractivity contribution < 1.29 is 19.1 Å². The number of esters is 1. The van der Waals surface area contributed by atoms with E-state index >= 15 is 0 Å². The van der Waals surface area contributed by atoms with Crippen LogP contribution in [-0.4, -0.2) is 32.5 Å². The molecule has 98 valence electrons. The fourth-order valence-electron chi connectivity index (χ4n) is 1.60. The zero-order valence-corrected chi connectivity index (χ0v) is 10.4. The standard InChI is InChI=1S/C12H16N2O4/c1-17-11-8(12(16)18-2)4-3-7(10(11)14)9(15)5-6-13/h3-4H,5-6,13-14H2,1-2H3. The summed E-state index contributed by atoms with van der Waals surface area (Å²) in [5.41, 5.74) is 11.7. The number of methoxy groups -OCH3 is 2. The number of nitrogens with two attached hydrogens (primary N) is 2. The SMILES string of the molecule is COC(=O)c1ccc(C(=O)CCN)c(N)c1OC. The van der Waals surface area contributed by atoms with Crippen LogP contribution in [0.15, 0.2) is 12.1 Å². The van der Waals surface area contributed by atoms with Gasteiger partial charge in [0.15, 0.2) is 11.5 Å². The zero-order valence-electron chi connectivity index (χ0n) is 10.4. The minimum Gasteiger partial charge on any atom is -0.494 e. The summed E-state index contributed by atoms with van der Waals surface area (Å²) in [6.45, 7) is 0.235. The largest absolute Gasteiger partial charge is 0.494 e. The van der Waals surface area contributed by atoms with E-state index in [9.17, 15) is 9.59 Å². The third-order valence-corrected chi connectivity index (χ3v) is 2.48. The minimum atomic E-state index is -0.573. The van der Waals surface area contributed by atoms with Crippen LogP contribution in [0.2, 0.25) is 0 Å². The number of rotatable bonds is 5. The van der Waals surface area contributed by atoms with E-state index < -0.39 is 5.97 Å². The van der Waals surface area contributed by atoms with Gasteiger partial charge in [-0.05, 0) is 18.7 Å². The number of hydrogen-bond donors (Lipinski definition) is 2. The predicted molar refractivity (Wildman–Crippen MR) is 66.7 cm³/mol. The second kappa shape index (κ2) is 6.02. The van der Waals surface area contributed by atoms with Crippen molar-refractivity contribution in [1.29, 1.82) is 0 Å². The fraction of sp³-hybridized carbons (Fsp3) is 0.333. The lowest BCUT2D eigenvalue weighted by Crippen LogP contribution is -2.13. The Hall–Kier alpha value is -2.08. The molecule has 0 saturated heterocycles. The first-order chi connectivity index (χ1) is 8.56. The third kappa shape index (κ3) is 2.60. The first-order valence-electron chi connectivity index (χ1n) is 5.34. The van der Waals surface area contributed by atoms with Gasteiger partial charge in [-0.15, -0.1) is 0 Å².